The van der Waals surface area contributed by atoms with Gasteiger partial charge in [-0.15, -0.1) is 0 Å². The molecule has 0 unspecified atom stereocenters. The van der Waals surface area contributed by atoms with Gasteiger partial charge in [0, 0.05) is 11.8 Å². The molecule has 0 atom stereocenters. The van der Waals surface area contributed by atoms with Crippen LogP contribution in [0.15, 0.2) is 22.7 Å². The Kier molecular flexibility index (Phi) is 2.85. The summed E-state index contributed by atoms with van der Waals surface area (Å²) >= 11 is 0. The predicted molar refractivity (Wildman–Crippen MR) is 79.8 cm³/mol. The SMILES string of the molecule is Cc1nc(Nc2ccc3c(c2)OCCO3)c2c(C)noc2n1. The van der Waals surface area contributed by atoms with Crippen molar-refractivity contribution in [3.05, 3.63) is 29.7 Å². The van der Waals surface area contributed by atoms with Crippen LogP contribution in [0.3, 0.4) is 0 Å². The number of nitrogens with one attached hydrogen (secondary N) is 1. The van der Waals surface area contributed by atoms with Gasteiger partial charge in [-0.25, -0.2) is 4.98 Å². The molecule has 7 heteroatoms. The van der Waals surface area contributed by atoms with E-state index in [-0.39, 0.29) is 0 Å². The summed E-state index contributed by atoms with van der Waals surface area (Å²) in [4.78, 5) is 8.69. The number of rotatable bonds is 2. The van der Waals surface area contributed by atoms with Crippen LogP contribution < -0.4 is 14.8 Å². The summed E-state index contributed by atoms with van der Waals surface area (Å²) < 4.78 is 16.3. The summed E-state index contributed by atoms with van der Waals surface area (Å²) in [6, 6.07) is 5.68. The number of aromatic nitrogens is 3. The average molecular weight is 298 g/mol. The number of benzene rings is 1. The number of nitrogens with zero attached hydrogens (tertiary/aromatic N) is 3. The molecule has 112 valence electrons. The molecule has 1 aliphatic rings. The maximum atomic E-state index is 5.59. The molecule has 1 N–H and O–H groups in total. The zero-order chi connectivity index (χ0) is 15.1. The second kappa shape index (κ2) is 4.87. The Balaban J connectivity index is 1.76. The third-order valence-electron chi connectivity index (χ3n) is 3.42. The van der Waals surface area contributed by atoms with E-state index in [4.69, 9.17) is 14.0 Å². The van der Waals surface area contributed by atoms with Gasteiger partial charge in [-0.3, -0.25) is 0 Å². The fourth-order valence-electron chi connectivity index (χ4n) is 2.44. The fraction of sp³-hybridized carbons (Fsp3) is 0.267. The molecule has 7 nitrogen and oxygen atoms in total. The molecule has 2 aromatic heterocycles. The second-order valence-electron chi connectivity index (χ2n) is 5.05. The number of aryl methyl sites for hydroxylation is 2. The number of fused-ring (bicyclic) bond motifs is 2. The molecule has 3 heterocycles. The van der Waals surface area contributed by atoms with Crippen LogP contribution in [0.1, 0.15) is 11.5 Å². The van der Waals surface area contributed by atoms with Crippen molar-refractivity contribution in [2.45, 2.75) is 13.8 Å². The first-order chi connectivity index (χ1) is 10.7. The van der Waals surface area contributed by atoms with Crippen LogP contribution in [0.25, 0.3) is 11.1 Å². The smallest absolute Gasteiger partial charge is 0.263 e. The third kappa shape index (κ3) is 2.11. The van der Waals surface area contributed by atoms with Crippen molar-refractivity contribution in [3.8, 4) is 11.5 Å². The molecule has 0 saturated carbocycles. The minimum atomic E-state index is 0.477. The molecule has 0 fully saturated rings. The largest absolute Gasteiger partial charge is 0.486 e. The minimum absolute atomic E-state index is 0.477. The molecule has 0 radical (unpaired) electrons. The van der Waals surface area contributed by atoms with E-state index in [1.165, 1.54) is 0 Å². The molecule has 1 aromatic carbocycles. The molecule has 0 bridgehead atoms. The van der Waals surface area contributed by atoms with Crippen LogP contribution >= 0.6 is 0 Å². The molecule has 22 heavy (non-hydrogen) atoms. The molecule has 0 spiro atoms. The Morgan fingerprint density at radius 1 is 1.05 bits per heavy atom. The van der Waals surface area contributed by atoms with Gasteiger partial charge >= 0.3 is 0 Å². The topological polar surface area (TPSA) is 82.3 Å². The lowest BCUT2D eigenvalue weighted by atomic mass is 10.2. The van der Waals surface area contributed by atoms with Gasteiger partial charge in [0.25, 0.3) is 5.71 Å². The first-order valence-electron chi connectivity index (χ1n) is 6.98. The van der Waals surface area contributed by atoms with Crippen LogP contribution in [0.2, 0.25) is 0 Å². The quantitative estimate of drug-likeness (QED) is 0.778. The average Bonchev–Trinajstić information content (AvgIpc) is 2.88. The Hall–Kier alpha value is -2.83. The summed E-state index contributed by atoms with van der Waals surface area (Å²) in [7, 11) is 0. The van der Waals surface area contributed by atoms with Crippen LogP contribution in [0.5, 0.6) is 11.5 Å². The van der Waals surface area contributed by atoms with Crippen molar-refractivity contribution >= 4 is 22.6 Å². The van der Waals surface area contributed by atoms with Gasteiger partial charge in [0.2, 0.25) is 0 Å². The van der Waals surface area contributed by atoms with E-state index >= 15 is 0 Å². The summed E-state index contributed by atoms with van der Waals surface area (Å²) in [5.41, 5.74) is 2.07. The third-order valence-corrected chi connectivity index (χ3v) is 3.42. The normalized spacial score (nSPS) is 13.4. The Morgan fingerprint density at radius 2 is 1.86 bits per heavy atom. The summed E-state index contributed by atoms with van der Waals surface area (Å²) in [6.45, 7) is 4.80. The van der Waals surface area contributed by atoms with E-state index < -0.39 is 0 Å². The van der Waals surface area contributed by atoms with E-state index in [1.54, 1.807) is 0 Å². The van der Waals surface area contributed by atoms with Crippen LogP contribution in [-0.4, -0.2) is 28.3 Å². The highest BCUT2D eigenvalue weighted by Crippen LogP contribution is 2.34. The molecular weight excluding hydrogens is 284 g/mol. The molecule has 0 aliphatic carbocycles. The number of hydrogen-bond donors (Lipinski definition) is 1. The van der Waals surface area contributed by atoms with Crippen molar-refractivity contribution < 1.29 is 14.0 Å². The van der Waals surface area contributed by atoms with Gasteiger partial charge in [-0.05, 0) is 26.0 Å². The molecule has 4 rings (SSSR count). The van der Waals surface area contributed by atoms with E-state index in [1.807, 2.05) is 32.0 Å². The van der Waals surface area contributed by atoms with Crippen molar-refractivity contribution in [2.75, 3.05) is 18.5 Å². The van der Waals surface area contributed by atoms with Crippen molar-refractivity contribution in [1.82, 2.24) is 15.1 Å². The van der Waals surface area contributed by atoms with Gasteiger partial charge in [0.05, 0.1) is 5.69 Å². The highest BCUT2D eigenvalue weighted by atomic mass is 16.6. The van der Waals surface area contributed by atoms with Gasteiger partial charge in [-0.2, -0.15) is 4.98 Å². The zero-order valence-electron chi connectivity index (χ0n) is 12.2. The molecule has 1 aliphatic heterocycles. The number of anilines is 2. The van der Waals surface area contributed by atoms with E-state index in [9.17, 15) is 0 Å². The maximum Gasteiger partial charge on any atom is 0.263 e. The lowest BCUT2D eigenvalue weighted by molar-refractivity contribution is 0.171. The number of ether oxygens (including phenoxy) is 2. The predicted octanol–water partition coefficient (Wildman–Crippen LogP) is 2.75. The zero-order valence-corrected chi connectivity index (χ0v) is 12.2. The van der Waals surface area contributed by atoms with Gasteiger partial charge in [-0.1, -0.05) is 5.16 Å². The lowest BCUT2D eigenvalue weighted by Gasteiger charge is -2.19. The summed E-state index contributed by atoms with van der Waals surface area (Å²) in [6.07, 6.45) is 0. The van der Waals surface area contributed by atoms with Gasteiger partial charge < -0.3 is 19.3 Å². The highest BCUT2D eigenvalue weighted by molar-refractivity contribution is 5.89. The van der Waals surface area contributed by atoms with Crippen LogP contribution in [0.4, 0.5) is 11.5 Å². The van der Waals surface area contributed by atoms with Crippen molar-refractivity contribution in [1.29, 1.82) is 0 Å². The molecule has 3 aromatic rings. The fourth-order valence-corrected chi connectivity index (χ4v) is 2.44. The first-order valence-corrected chi connectivity index (χ1v) is 6.98. The summed E-state index contributed by atoms with van der Waals surface area (Å²) in [5.74, 6) is 2.75. The Labute approximate surface area is 126 Å². The Bertz CT molecular complexity index is 859. The van der Waals surface area contributed by atoms with Gasteiger partial charge in [0.15, 0.2) is 11.5 Å². The van der Waals surface area contributed by atoms with E-state index in [0.29, 0.717) is 30.6 Å². The standard InChI is InChI=1S/C15H14N4O3/c1-8-13-14(16-9(2)17-15(13)22-19-8)18-10-3-4-11-12(7-10)21-6-5-20-11/h3-4,7H,5-6H2,1-2H3,(H,16,17,18). The first kappa shape index (κ1) is 12.9. The molecule has 0 amide bonds. The van der Waals surface area contributed by atoms with E-state index in [2.05, 4.69) is 20.4 Å². The lowest BCUT2D eigenvalue weighted by Crippen LogP contribution is -2.15. The van der Waals surface area contributed by atoms with E-state index in [0.717, 1.165) is 28.3 Å². The van der Waals surface area contributed by atoms with Crippen LogP contribution in [0, 0.1) is 13.8 Å². The second-order valence-corrected chi connectivity index (χ2v) is 5.05. The highest BCUT2D eigenvalue weighted by Gasteiger charge is 2.16. The minimum Gasteiger partial charge on any atom is -0.486 e. The Morgan fingerprint density at radius 3 is 2.73 bits per heavy atom. The van der Waals surface area contributed by atoms with Crippen LogP contribution in [-0.2, 0) is 0 Å². The monoisotopic (exact) mass is 298 g/mol. The van der Waals surface area contributed by atoms with Crippen molar-refractivity contribution in [2.24, 2.45) is 0 Å². The van der Waals surface area contributed by atoms with Crippen molar-refractivity contribution in [3.63, 3.8) is 0 Å². The molecule has 0 saturated heterocycles. The molecular formula is C15H14N4O3. The summed E-state index contributed by atoms with van der Waals surface area (Å²) in [5, 5.41) is 8.00. The number of hydrogen-bond acceptors (Lipinski definition) is 7. The maximum absolute atomic E-state index is 5.59. The van der Waals surface area contributed by atoms with Gasteiger partial charge in [0.1, 0.15) is 30.2 Å².